The normalized spacial score (nSPS) is 16.0. The molecule has 1 saturated heterocycles. The molecule has 7 nitrogen and oxygen atoms in total. The average molecular weight is 449 g/mol. The first-order chi connectivity index (χ1) is 15.5. The molecule has 32 heavy (non-hydrogen) atoms. The molecule has 0 bridgehead atoms. The molecule has 4 aromatic rings. The SMILES string of the molecule is Cc1ccc(-c2c(-c3ccc(Cl)cc3)nc(NC[C@@H]3CCNC3)n3c(=O)n(C)nc23)cc1. The topological polar surface area (TPSA) is 76.2 Å². The van der Waals surface area contributed by atoms with Gasteiger partial charge in [0.25, 0.3) is 0 Å². The van der Waals surface area contributed by atoms with Crippen LogP contribution in [0, 0.1) is 12.8 Å². The van der Waals surface area contributed by atoms with Gasteiger partial charge in [0, 0.05) is 24.2 Å². The van der Waals surface area contributed by atoms with Crippen LogP contribution < -0.4 is 16.3 Å². The Bertz CT molecular complexity index is 1320. The zero-order valence-electron chi connectivity index (χ0n) is 18.1. The van der Waals surface area contributed by atoms with Gasteiger partial charge in [-0.05, 0) is 50.0 Å². The molecule has 2 aromatic heterocycles. The third kappa shape index (κ3) is 3.78. The second-order valence-corrected chi connectivity index (χ2v) is 8.77. The van der Waals surface area contributed by atoms with Crippen LogP contribution in [0.3, 0.4) is 0 Å². The summed E-state index contributed by atoms with van der Waals surface area (Å²) in [4.78, 5) is 18.0. The van der Waals surface area contributed by atoms with Crippen LogP contribution in [0.15, 0.2) is 53.3 Å². The van der Waals surface area contributed by atoms with Crippen LogP contribution in [-0.4, -0.2) is 38.8 Å². The number of aryl methyl sites for hydroxylation is 2. The van der Waals surface area contributed by atoms with Crippen LogP contribution in [0.5, 0.6) is 0 Å². The first-order valence-electron chi connectivity index (χ1n) is 10.8. The predicted molar refractivity (Wildman–Crippen MR) is 128 cm³/mol. The number of hydrogen-bond donors (Lipinski definition) is 2. The van der Waals surface area contributed by atoms with E-state index in [4.69, 9.17) is 16.6 Å². The summed E-state index contributed by atoms with van der Waals surface area (Å²) >= 11 is 6.15. The van der Waals surface area contributed by atoms with Gasteiger partial charge in [0.2, 0.25) is 5.95 Å². The molecule has 0 unspecified atom stereocenters. The molecule has 2 N–H and O–H groups in total. The molecule has 0 saturated carbocycles. The highest BCUT2D eigenvalue weighted by Crippen LogP contribution is 2.35. The highest BCUT2D eigenvalue weighted by molar-refractivity contribution is 6.30. The number of nitrogens with zero attached hydrogens (tertiary/aromatic N) is 4. The lowest BCUT2D eigenvalue weighted by atomic mass is 9.99. The Labute approximate surface area is 191 Å². The lowest BCUT2D eigenvalue weighted by Gasteiger charge is -2.16. The van der Waals surface area contributed by atoms with Crippen molar-refractivity contribution in [1.82, 2.24) is 24.5 Å². The summed E-state index contributed by atoms with van der Waals surface area (Å²) in [6.07, 6.45) is 1.10. The number of benzene rings is 2. The van der Waals surface area contributed by atoms with E-state index in [2.05, 4.69) is 27.9 Å². The quantitative estimate of drug-likeness (QED) is 0.486. The standard InChI is InChI=1S/C24H25ClN6O/c1-15-3-5-17(6-4-15)20-21(18-7-9-19(25)10-8-18)28-23(27-14-16-11-12-26-13-16)31-22(20)29-30(2)24(31)32/h3-10,16,26H,11-14H2,1-2H3,(H,27,28)/t16-/m1/s1. The van der Waals surface area contributed by atoms with E-state index in [0.29, 0.717) is 22.5 Å². The lowest BCUT2D eigenvalue weighted by molar-refractivity contribution is 0.611. The van der Waals surface area contributed by atoms with Crippen molar-refractivity contribution in [3.63, 3.8) is 0 Å². The third-order valence-corrected chi connectivity index (χ3v) is 6.24. The maximum Gasteiger partial charge on any atom is 0.352 e. The van der Waals surface area contributed by atoms with Crippen LogP contribution in [0.4, 0.5) is 5.95 Å². The summed E-state index contributed by atoms with van der Waals surface area (Å²) in [6.45, 7) is 4.77. The van der Waals surface area contributed by atoms with Gasteiger partial charge in [0.1, 0.15) is 0 Å². The van der Waals surface area contributed by atoms with E-state index < -0.39 is 0 Å². The molecule has 8 heteroatoms. The lowest BCUT2D eigenvalue weighted by Crippen LogP contribution is -2.24. The molecule has 1 aliphatic heterocycles. The number of rotatable bonds is 5. The Balaban J connectivity index is 1.75. The molecule has 5 rings (SSSR count). The first-order valence-corrected chi connectivity index (χ1v) is 11.2. The Morgan fingerprint density at radius 1 is 1.12 bits per heavy atom. The molecule has 0 amide bonds. The van der Waals surface area contributed by atoms with Crippen molar-refractivity contribution in [2.75, 3.05) is 25.0 Å². The van der Waals surface area contributed by atoms with Crippen molar-refractivity contribution >= 4 is 23.2 Å². The van der Waals surface area contributed by atoms with E-state index >= 15 is 0 Å². The van der Waals surface area contributed by atoms with Gasteiger partial charge in [0.05, 0.1) is 11.3 Å². The fourth-order valence-corrected chi connectivity index (χ4v) is 4.31. The smallest absolute Gasteiger partial charge is 0.352 e. The number of anilines is 1. The highest BCUT2D eigenvalue weighted by atomic mass is 35.5. The minimum Gasteiger partial charge on any atom is -0.355 e. The Kier molecular flexibility index (Phi) is 5.45. The molecule has 2 aromatic carbocycles. The summed E-state index contributed by atoms with van der Waals surface area (Å²) in [5.74, 6) is 1.00. The van der Waals surface area contributed by atoms with Gasteiger partial charge in [-0.2, -0.15) is 0 Å². The number of nitrogens with one attached hydrogen (secondary N) is 2. The molecule has 1 atom stereocenters. The van der Waals surface area contributed by atoms with Crippen LogP contribution in [0.25, 0.3) is 28.0 Å². The molecule has 164 valence electrons. The van der Waals surface area contributed by atoms with Crippen LogP contribution >= 0.6 is 11.6 Å². The average Bonchev–Trinajstić information content (AvgIpc) is 3.41. The van der Waals surface area contributed by atoms with Crippen LogP contribution in [0.2, 0.25) is 5.02 Å². The highest BCUT2D eigenvalue weighted by Gasteiger charge is 2.23. The Hall–Kier alpha value is -3.16. The summed E-state index contributed by atoms with van der Waals surface area (Å²) in [6, 6.07) is 15.8. The van der Waals surface area contributed by atoms with Gasteiger partial charge in [-0.25, -0.2) is 18.9 Å². The number of fused-ring (bicyclic) bond motifs is 1. The number of halogens is 1. The maximum absolute atomic E-state index is 13.0. The van der Waals surface area contributed by atoms with E-state index in [9.17, 15) is 4.79 Å². The molecule has 3 heterocycles. The summed E-state index contributed by atoms with van der Waals surface area (Å²) in [5, 5.41) is 12.1. The third-order valence-electron chi connectivity index (χ3n) is 5.98. The van der Waals surface area contributed by atoms with E-state index in [1.807, 2.05) is 43.3 Å². The molecule has 0 radical (unpaired) electrons. The van der Waals surface area contributed by atoms with E-state index in [1.165, 1.54) is 4.68 Å². The maximum atomic E-state index is 13.0. The summed E-state index contributed by atoms with van der Waals surface area (Å²) in [7, 11) is 1.67. The summed E-state index contributed by atoms with van der Waals surface area (Å²) < 4.78 is 2.94. The van der Waals surface area contributed by atoms with Gasteiger partial charge in [0.15, 0.2) is 5.65 Å². The van der Waals surface area contributed by atoms with Crippen molar-refractivity contribution in [2.45, 2.75) is 13.3 Å². The second kappa shape index (κ2) is 8.41. The van der Waals surface area contributed by atoms with Crippen LogP contribution in [0.1, 0.15) is 12.0 Å². The van der Waals surface area contributed by atoms with Crippen molar-refractivity contribution < 1.29 is 0 Å². The molecule has 1 fully saturated rings. The number of hydrogen-bond acceptors (Lipinski definition) is 5. The second-order valence-electron chi connectivity index (χ2n) is 8.34. The number of aromatic nitrogens is 4. The molecular weight excluding hydrogens is 424 g/mol. The Morgan fingerprint density at radius 3 is 2.53 bits per heavy atom. The van der Waals surface area contributed by atoms with Crippen molar-refractivity contribution in [1.29, 1.82) is 0 Å². The minimum absolute atomic E-state index is 0.226. The van der Waals surface area contributed by atoms with Gasteiger partial charge < -0.3 is 10.6 Å². The van der Waals surface area contributed by atoms with E-state index in [-0.39, 0.29) is 5.69 Å². The minimum atomic E-state index is -0.226. The monoisotopic (exact) mass is 448 g/mol. The largest absolute Gasteiger partial charge is 0.355 e. The fourth-order valence-electron chi connectivity index (χ4n) is 4.18. The van der Waals surface area contributed by atoms with Gasteiger partial charge in [-0.1, -0.05) is 53.6 Å². The molecule has 1 aliphatic rings. The van der Waals surface area contributed by atoms with Gasteiger partial charge in [-0.15, -0.1) is 5.10 Å². The van der Waals surface area contributed by atoms with Crippen molar-refractivity contribution in [2.24, 2.45) is 13.0 Å². The van der Waals surface area contributed by atoms with E-state index in [0.717, 1.165) is 54.0 Å². The van der Waals surface area contributed by atoms with Gasteiger partial charge >= 0.3 is 5.69 Å². The summed E-state index contributed by atoms with van der Waals surface area (Å²) in [5.41, 5.74) is 4.96. The van der Waals surface area contributed by atoms with Crippen LogP contribution in [-0.2, 0) is 7.05 Å². The first kappa shape index (κ1) is 20.7. The zero-order valence-corrected chi connectivity index (χ0v) is 18.9. The predicted octanol–water partition coefficient (Wildman–Crippen LogP) is 3.75. The molecule has 0 spiro atoms. The zero-order chi connectivity index (χ0) is 22.2. The van der Waals surface area contributed by atoms with E-state index in [1.54, 1.807) is 11.4 Å². The fraction of sp³-hybridized carbons (Fsp3) is 0.292. The van der Waals surface area contributed by atoms with Crippen molar-refractivity contribution in [3.05, 3.63) is 69.6 Å². The van der Waals surface area contributed by atoms with Crippen molar-refractivity contribution in [3.8, 4) is 22.4 Å². The molecular formula is C24H25ClN6O. The van der Waals surface area contributed by atoms with Gasteiger partial charge in [-0.3, -0.25) is 0 Å². The molecule has 0 aliphatic carbocycles. The Morgan fingerprint density at radius 2 is 1.84 bits per heavy atom.